The Morgan fingerprint density at radius 2 is 1.61 bits per heavy atom. The topological polar surface area (TPSA) is 63.6 Å². The van der Waals surface area contributed by atoms with E-state index in [1.54, 1.807) is 26.0 Å². The van der Waals surface area contributed by atoms with Gasteiger partial charge >= 0.3 is 0 Å². The van der Waals surface area contributed by atoms with Gasteiger partial charge in [0, 0.05) is 0 Å². The number of Topliss-reactive ketones (excluding diaryl/α,β-unsaturated/α-hetero) is 1. The molecule has 0 aliphatic heterocycles. The lowest BCUT2D eigenvalue weighted by atomic mass is 10.1. The zero-order chi connectivity index (χ0) is 13.4. The van der Waals surface area contributed by atoms with Crippen molar-refractivity contribution in [3.05, 3.63) is 46.3 Å². The normalized spacial score (nSPS) is 12.7. The standard InChI is InChI=1S/C14H16O4/c1-7-5-11(17-9(7)3)13(15)14(16)12-6-8(2)10(4)18-12/h5-6,13,15H,1-4H3. The summed E-state index contributed by atoms with van der Waals surface area (Å²) in [6, 6.07) is 3.30. The molecule has 1 atom stereocenters. The number of aliphatic hydroxyl groups excluding tert-OH is 1. The zero-order valence-corrected chi connectivity index (χ0v) is 10.9. The summed E-state index contributed by atoms with van der Waals surface area (Å²) in [5.41, 5.74) is 1.79. The lowest BCUT2D eigenvalue weighted by Gasteiger charge is -2.03. The number of aliphatic hydroxyl groups is 1. The Hall–Kier alpha value is -1.81. The maximum atomic E-state index is 12.0. The molecule has 1 unspecified atom stereocenters. The molecule has 2 rings (SSSR count). The van der Waals surface area contributed by atoms with Crippen LogP contribution in [-0.4, -0.2) is 10.9 Å². The minimum absolute atomic E-state index is 0.157. The van der Waals surface area contributed by atoms with Gasteiger partial charge in [0.05, 0.1) is 0 Å². The SMILES string of the molecule is Cc1cc(C(=O)C(O)c2cc(C)c(C)o2)oc1C. The van der Waals surface area contributed by atoms with Crippen LogP contribution in [0.3, 0.4) is 0 Å². The average molecular weight is 248 g/mol. The fourth-order valence-corrected chi connectivity index (χ4v) is 1.70. The minimum atomic E-state index is -1.32. The highest BCUT2D eigenvalue weighted by atomic mass is 16.4. The molecular formula is C14H16O4. The molecule has 0 fully saturated rings. The van der Waals surface area contributed by atoms with Crippen molar-refractivity contribution in [3.8, 4) is 0 Å². The predicted octanol–water partition coefficient (Wildman–Crippen LogP) is 3.02. The number of rotatable bonds is 3. The summed E-state index contributed by atoms with van der Waals surface area (Å²) >= 11 is 0. The third kappa shape index (κ3) is 2.11. The first-order valence-electron chi connectivity index (χ1n) is 5.76. The van der Waals surface area contributed by atoms with E-state index in [2.05, 4.69) is 0 Å². The van der Waals surface area contributed by atoms with E-state index in [4.69, 9.17) is 8.83 Å². The first-order chi connectivity index (χ1) is 8.40. The highest BCUT2D eigenvalue weighted by molar-refractivity contribution is 5.97. The molecule has 0 spiro atoms. The number of carbonyl (C=O) groups excluding carboxylic acids is 1. The maximum Gasteiger partial charge on any atom is 0.234 e. The third-order valence-electron chi connectivity index (χ3n) is 3.11. The Kier molecular flexibility index (Phi) is 3.13. The van der Waals surface area contributed by atoms with E-state index in [9.17, 15) is 9.90 Å². The quantitative estimate of drug-likeness (QED) is 0.848. The van der Waals surface area contributed by atoms with E-state index in [1.807, 2.05) is 13.8 Å². The van der Waals surface area contributed by atoms with Crippen LogP contribution >= 0.6 is 0 Å². The molecule has 2 aromatic rings. The molecule has 0 aromatic carbocycles. The molecule has 96 valence electrons. The van der Waals surface area contributed by atoms with Crippen molar-refractivity contribution in [2.75, 3.05) is 0 Å². The number of ketones is 1. The van der Waals surface area contributed by atoms with Crippen LogP contribution in [0.5, 0.6) is 0 Å². The van der Waals surface area contributed by atoms with Crippen molar-refractivity contribution in [1.29, 1.82) is 0 Å². The summed E-state index contributed by atoms with van der Waals surface area (Å²) in [6.07, 6.45) is -1.32. The molecule has 0 saturated carbocycles. The number of aryl methyl sites for hydroxylation is 4. The predicted molar refractivity (Wildman–Crippen MR) is 65.7 cm³/mol. The molecule has 2 aromatic heterocycles. The van der Waals surface area contributed by atoms with Crippen LogP contribution < -0.4 is 0 Å². The minimum Gasteiger partial charge on any atom is -0.463 e. The van der Waals surface area contributed by atoms with Gasteiger partial charge in [-0.2, -0.15) is 0 Å². The molecule has 18 heavy (non-hydrogen) atoms. The van der Waals surface area contributed by atoms with Gasteiger partial charge in [0.1, 0.15) is 17.3 Å². The summed E-state index contributed by atoms with van der Waals surface area (Å²) < 4.78 is 10.6. The lowest BCUT2D eigenvalue weighted by molar-refractivity contribution is 0.0670. The zero-order valence-electron chi connectivity index (χ0n) is 10.9. The molecule has 0 amide bonds. The van der Waals surface area contributed by atoms with E-state index >= 15 is 0 Å². The van der Waals surface area contributed by atoms with E-state index in [1.165, 1.54) is 0 Å². The van der Waals surface area contributed by atoms with Crippen LogP contribution in [0.1, 0.15) is 45.1 Å². The van der Waals surface area contributed by atoms with Crippen LogP contribution in [0, 0.1) is 27.7 Å². The van der Waals surface area contributed by atoms with Crippen LogP contribution in [0.25, 0.3) is 0 Å². The summed E-state index contributed by atoms with van der Waals surface area (Å²) in [5.74, 6) is 1.30. The van der Waals surface area contributed by atoms with E-state index in [0.717, 1.165) is 11.1 Å². The Bertz CT molecular complexity index is 550. The molecule has 0 aliphatic rings. The first-order valence-corrected chi connectivity index (χ1v) is 5.76. The average Bonchev–Trinajstić information content (AvgIpc) is 2.82. The molecule has 1 N–H and O–H groups in total. The molecule has 2 heterocycles. The fourth-order valence-electron chi connectivity index (χ4n) is 1.70. The molecule has 0 aliphatic carbocycles. The van der Waals surface area contributed by atoms with Crippen molar-refractivity contribution in [2.24, 2.45) is 0 Å². The summed E-state index contributed by atoms with van der Waals surface area (Å²) in [4.78, 5) is 12.0. The second kappa shape index (κ2) is 4.46. The Labute approximate surface area is 105 Å². The van der Waals surface area contributed by atoms with E-state index < -0.39 is 11.9 Å². The number of furan rings is 2. The molecular weight excluding hydrogens is 232 g/mol. The monoisotopic (exact) mass is 248 g/mol. The van der Waals surface area contributed by atoms with Crippen molar-refractivity contribution in [3.63, 3.8) is 0 Å². The van der Waals surface area contributed by atoms with Gasteiger partial charge in [-0.25, -0.2) is 0 Å². The van der Waals surface area contributed by atoms with Crippen molar-refractivity contribution in [2.45, 2.75) is 33.8 Å². The van der Waals surface area contributed by atoms with E-state index in [0.29, 0.717) is 11.5 Å². The number of hydrogen-bond donors (Lipinski definition) is 1. The summed E-state index contributed by atoms with van der Waals surface area (Å²) in [6.45, 7) is 7.28. The summed E-state index contributed by atoms with van der Waals surface area (Å²) in [7, 11) is 0. The fraction of sp³-hybridized carbons (Fsp3) is 0.357. The Morgan fingerprint density at radius 3 is 2.06 bits per heavy atom. The van der Waals surface area contributed by atoms with Crippen LogP contribution in [-0.2, 0) is 0 Å². The Balaban J connectivity index is 2.28. The lowest BCUT2D eigenvalue weighted by Crippen LogP contribution is -2.10. The van der Waals surface area contributed by atoms with Crippen molar-refractivity contribution < 1.29 is 18.7 Å². The third-order valence-corrected chi connectivity index (χ3v) is 3.11. The van der Waals surface area contributed by atoms with Crippen molar-refractivity contribution >= 4 is 5.78 Å². The van der Waals surface area contributed by atoms with Gasteiger partial charge in [-0.3, -0.25) is 4.79 Å². The Morgan fingerprint density at radius 1 is 1.06 bits per heavy atom. The second-order valence-corrected chi connectivity index (χ2v) is 4.50. The highest BCUT2D eigenvalue weighted by Crippen LogP contribution is 2.25. The molecule has 0 saturated heterocycles. The molecule has 0 radical (unpaired) electrons. The van der Waals surface area contributed by atoms with Gasteiger partial charge < -0.3 is 13.9 Å². The van der Waals surface area contributed by atoms with Gasteiger partial charge in [0.15, 0.2) is 11.9 Å². The number of carbonyl (C=O) groups is 1. The summed E-state index contributed by atoms with van der Waals surface area (Å²) in [5, 5.41) is 9.98. The molecule has 4 heteroatoms. The van der Waals surface area contributed by atoms with Gasteiger partial charge in [0.2, 0.25) is 5.78 Å². The van der Waals surface area contributed by atoms with Crippen LogP contribution in [0.4, 0.5) is 0 Å². The van der Waals surface area contributed by atoms with Gasteiger partial charge in [-0.1, -0.05) is 0 Å². The van der Waals surface area contributed by atoms with Crippen LogP contribution in [0.15, 0.2) is 21.0 Å². The van der Waals surface area contributed by atoms with Crippen LogP contribution in [0.2, 0.25) is 0 Å². The van der Waals surface area contributed by atoms with Gasteiger partial charge in [-0.05, 0) is 51.0 Å². The molecule has 4 nitrogen and oxygen atoms in total. The second-order valence-electron chi connectivity index (χ2n) is 4.50. The largest absolute Gasteiger partial charge is 0.463 e. The van der Waals surface area contributed by atoms with E-state index in [-0.39, 0.29) is 11.5 Å². The maximum absolute atomic E-state index is 12.0. The smallest absolute Gasteiger partial charge is 0.234 e. The van der Waals surface area contributed by atoms with Crippen molar-refractivity contribution in [1.82, 2.24) is 0 Å². The van der Waals surface area contributed by atoms with Gasteiger partial charge in [-0.15, -0.1) is 0 Å². The number of hydrogen-bond acceptors (Lipinski definition) is 4. The molecule has 0 bridgehead atoms. The van der Waals surface area contributed by atoms with Gasteiger partial charge in [0.25, 0.3) is 0 Å². The highest BCUT2D eigenvalue weighted by Gasteiger charge is 2.26. The first kappa shape index (κ1) is 12.6.